The molecule has 0 aliphatic heterocycles. The first-order valence-electron chi connectivity index (χ1n) is 8.07. The maximum atomic E-state index is 13.3. The second kappa shape index (κ2) is 6.14. The largest absolute Gasteiger partial charge is 0.322 e. The van der Waals surface area contributed by atoms with E-state index in [-0.39, 0.29) is 5.82 Å². The minimum absolute atomic E-state index is 0.295. The lowest BCUT2D eigenvalue weighted by molar-refractivity contribution is 0.624. The zero-order valence-corrected chi connectivity index (χ0v) is 15.1. The predicted octanol–water partition coefficient (Wildman–Crippen LogP) is 3.84. The Morgan fingerprint density at radius 3 is 2.69 bits per heavy atom. The van der Waals surface area contributed by atoms with E-state index in [0.717, 1.165) is 16.8 Å². The summed E-state index contributed by atoms with van der Waals surface area (Å²) in [5.74, 6) is 1.48. The van der Waals surface area contributed by atoms with E-state index in [1.54, 1.807) is 16.6 Å². The first-order chi connectivity index (χ1) is 12.4. The number of thiol groups is 1. The standard InChI is InChI=1S/C18H17FN6S/c1-11-10-15(23-22-11)20-16-14-4-3-9-25(14)24-17(21-16)18(2,26)12-5-7-13(19)8-6-12/h3-10,26H,1-2H3,(H2,20,21,22,23,24). The summed E-state index contributed by atoms with van der Waals surface area (Å²) in [6, 6.07) is 11.9. The molecular weight excluding hydrogens is 351 g/mol. The number of nitrogens with zero attached hydrogens (tertiary/aromatic N) is 4. The quantitative estimate of drug-likeness (QED) is 0.479. The lowest BCUT2D eigenvalue weighted by Crippen LogP contribution is -2.22. The second-order valence-electron chi connectivity index (χ2n) is 6.26. The van der Waals surface area contributed by atoms with E-state index in [1.165, 1.54) is 12.1 Å². The van der Waals surface area contributed by atoms with Crippen molar-refractivity contribution in [3.63, 3.8) is 0 Å². The van der Waals surface area contributed by atoms with E-state index in [0.29, 0.717) is 17.5 Å². The van der Waals surface area contributed by atoms with Crippen molar-refractivity contribution in [2.24, 2.45) is 0 Å². The minimum Gasteiger partial charge on any atom is -0.322 e. The average Bonchev–Trinajstić information content (AvgIpc) is 3.24. The van der Waals surface area contributed by atoms with Crippen molar-refractivity contribution in [2.45, 2.75) is 18.6 Å². The molecule has 0 aliphatic carbocycles. The summed E-state index contributed by atoms with van der Waals surface area (Å²) >= 11 is 4.77. The van der Waals surface area contributed by atoms with Crippen LogP contribution in [0.15, 0.2) is 48.7 Å². The number of anilines is 2. The molecule has 1 unspecified atom stereocenters. The van der Waals surface area contributed by atoms with Crippen molar-refractivity contribution >= 4 is 29.8 Å². The molecule has 0 fully saturated rings. The highest BCUT2D eigenvalue weighted by atomic mass is 32.1. The number of halogens is 1. The average molecular weight is 368 g/mol. The van der Waals surface area contributed by atoms with E-state index in [9.17, 15) is 4.39 Å². The molecule has 0 saturated carbocycles. The Kier molecular flexibility index (Phi) is 3.91. The molecule has 2 N–H and O–H groups in total. The molecule has 0 bridgehead atoms. The Bertz CT molecular complexity index is 1070. The smallest absolute Gasteiger partial charge is 0.171 e. The van der Waals surface area contributed by atoms with E-state index < -0.39 is 4.75 Å². The molecule has 132 valence electrons. The van der Waals surface area contributed by atoms with Crippen LogP contribution in [0, 0.1) is 12.7 Å². The molecule has 4 rings (SSSR count). The van der Waals surface area contributed by atoms with Crippen molar-refractivity contribution in [3.8, 4) is 0 Å². The van der Waals surface area contributed by atoms with Crippen LogP contribution in [-0.2, 0) is 4.75 Å². The number of benzene rings is 1. The maximum Gasteiger partial charge on any atom is 0.171 e. The van der Waals surface area contributed by atoms with Crippen molar-refractivity contribution in [2.75, 3.05) is 5.32 Å². The maximum absolute atomic E-state index is 13.3. The number of hydrogen-bond donors (Lipinski definition) is 3. The van der Waals surface area contributed by atoms with Gasteiger partial charge in [0.2, 0.25) is 0 Å². The van der Waals surface area contributed by atoms with E-state index >= 15 is 0 Å². The SMILES string of the molecule is Cc1cc(Nc2nc(C(C)(S)c3ccc(F)cc3)nn3cccc23)n[nH]1. The van der Waals surface area contributed by atoms with Crippen LogP contribution >= 0.6 is 12.6 Å². The van der Waals surface area contributed by atoms with Gasteiger partial charge in [0.05, 0.1) is 4.75 Å². The molecule has 0 spiro atoms. The van der Waals surface area contributed by atoms with Gasteiger partial charge < -0.3 is 5.32 Å². The topological polar surface area (TPSA) is 70.9 Å². The van der Waals surface area contributed by atoms with E-state index in [4.69, 9.17) is 12.6 Å². The molecule has 26 heavy (non-hydrogen) atoms. The number of rotatable bonds is 4. The number of aryl methyl sites for hydroxylation is 1. The van der Waals surface area contributed by atoms with Gasteiger partial charge in [0, 0.05) is 18.0 Å². The van der Waals surface area contributed by atoms with Crippen LogP contribution in [0.25, 0.3) is 5.52 Å². The highest BCUT2D eigenvalue weighted by molar-refractivity contribution is 7.81. The summed E-state index contributed by atoms with van der Waals surface area (Å²) in [5, 5.41) is 14.9. The van der Waals surface area contributed by atoms with Gasteiger partial charge in [0.25, 0.3) is 0 Å². The minimum atomic E-state index is -0.802. The van der Waals surface area contributed by atoms with Gasteiger partial charge in [-0.1, -0.05) is 12.1 Å². The lowest BCUT2D eigenvalue weighted by Gasteiger charge is -2.23. The Balaban J connectivity index is 1.81. The molecule has 0 radical (unpaired) electrons. The first kappa shape index (κ1) is 16.6. The summed E-state index contributed by atoms with van der Waals surface area (Å²) < 4.78 is 14.2. The molecule has 0 amide bonds. The van der Waals surface area contributed by atoms with Crippen LogP contribution in [0.2, 0.25) is 0 Å². The highest BCUT2D eigenvalue weighted by Crippen LogP contribution is 2.34. The highest BCUT2D eigenvalue weighted by Gasteiger charge is 2.29. The van der Waals surface area contributed by atoms with Crippen molar-refractivity contribution in [1.29, 1.82) is 0 Å². The van der Waals surface area contributed by atoms with Crippen molar-refractivity contribution in [1.82, 2.24) is 24.8 Å². The lowest BCUT2D eigenvalue weighted by atomic mass is 9.99. The van der Waals surface area contributed by atoms with E-state index in [1.807, 2.05) is 38.2 Å². The molecule has 3 aromatic heterocycles. The van der Waals surface area contributed by atoms with Crippen LogP contribution in [0.3, 0.4) is 0 Å². The van der Waals surface area contributed by atoms with Crippen molar-refractivity contribution in [3.05, 3.63) is 71.6 Å². The fourth-order valence-electron chi connectivity index (χ4n) is 2.74. The summed E-state index contributed by atoms with van der Waals surface area (Å²) in [7, 11) is 0. The number of H-pyrrole nitrogens is 1. The first-order valence-corrected chi connectivity index (χ1v) is 8.51. The van der Waals surface area contributed by atoms with Gasteiger partial charge in [-0.3, -0.25) is 5.10 Å². The Morgan fingerprint density at radius 1 is 1.23 bits per heavy atom. The van der Waals surface area contributed by atoms with Crippen LogP contribution in [-0.4, -0.2) is 24.8 Å². The zero-order chi connectivity index (χ0) is 18.3. The van der Waals surface area contributed by atoms with Gasteiger partial charge in [-0.25, -0.2) is 13.9 Å². The van der Waals surface area contributed by atoms with Crippen LogP contribution in [0.5, 0.6) is 0 Å². The van der Waals surface area contributed by atoms with Gasteiger partial charge in [0.1, 0.15) is 11.3 Å². The number of aromatic nitrogens is 5. The monoisotopic (exact) mass is 368 g/mol. The van der Waals surface area contributed by atoms with Crippen LogP contribution in [0.4, 0.5) is 16.0 Å². The van der Waals surface area contributed by atoms with Gasteiger partial charge in [-0.05, 0) is 43.7 Å². The number of hydrogen-bond acceptors (Lipinski definition) is 5. The third-order valence-electron chi connectivity index (χ3n) is 4.19. The van der Waals surface area contributed by atoms with Gasteiger partial charge in [0.15, 0.2) is 17.5 Å². The normalized spacial score (nSPS) is 13.7. The van der Waals surface area contributed by atoms with Crippen molar-refractivity contribution < 1.29 is 4.39 Å². The zero-order valence-electron chi connectivity index (χ0n) is 14.2. The predicted molar refractivity (Wildman–Crippen MR) is 101 cm³/mol. The van der Waals surface area contributed by atoms with Gasteiger partial charge >= 0.3 is 0 Å². The van der Waals surface area contributed by atoms with Gasteiger partial charge in [-0.2, -0.15) is 22.8 Å². The number of nitrogens with one attached hydrogen (secondary N) is 2. The fourth-order valence-corrected chi connectivity index (χ4v) is 2.98. The fraction of sp³-hybridized carbons (Fsp3) is 0.167. The molecule has 6 nitrogen and oxygen atoms in total. The molecule has 8 heteroatoms. The third kappa shape index (κ3) is 2.92. The summed E-state index contributed by atoms with van der Waals surface area (Å²) in [4.78, 5) is 4.68. The van der Waals surface area contributed by atoms with Crippen LogP contribution in [0.1, 0.15) is 24.0 Å². The third-order valence-corrected chi connectivity index (χ3v) is 4.64. The number of aromatic amines is 1. The molecule has 4 aromatic rings. The molecule has 0 saturated heterocycles. The number of fused-ring (bicyclic) bond motifs is 1. The van der Waals surface area contributed by atoms with Crippen LogP contribution < -0.4 is 5.32 Å². The summed E-state index contributed by atoms with van der Waals surface area (Å²) in [6.45, 7) is 3.81. The molecule has 0 aliphatic rings. The molecular formula is C18H17FN6S. The molecule has 3 heterocycles. The van der Waals surface area contributed by atoms with Gasteiger partial charge in [-0.15, -0.1) is 0 Å². The van der Waals surface area contributed by atoms with E-state index in [2.05, 4.69) is 25.6 Å². The second-order valence-corrected chi connectivity index (χ2v) is 7.16. The Labute approximate surface area is 154 Å². The Morgan fingerprint density at radius 2 is 2.00 bits per heavy atom. The summed E-state index contributed by atoms with van der Waals surface area (Å²) in [6.07, 6.45) is 1.84. The Hall–Kier alpha value is -2.87. The summed E-state index contributed by atoms with van der Waals surface area (Å²) in [5.41, 5.74) is 2.56. The molecule has 1 aromatic carbocycles. The molecule has 1 atom stereocenters.